The number of rotatable bonds is 3. The largest absolute Gasteiger partial charge is 0.316 e. The van der Waals surface area contributed by atoms with E-state index in [1.54, 1.807) is 0 Å². The summed E-state index contributed by atoms with van der Waals surface area (Å²) in [5, 5.41) is 0.517. The van der Waals surface area contributed by atoms with Crippen molar-refractivity contribution in [3.05, 3.63) is 65.2 Å². The fourth-order valence-corrected chi connectivity index (χ4v) is 7.65. The third-order valence-corrected chi connectivity index (χ3v) is 8.25. The average molecular weight is 415 g/mol. The lowest BCUT2D eigenvalue weighted by Crippen LogP contribution is -2.37. The summed E-state index contributed by atoms with van der Waals surface area (Å²) in [5.41, 5.74) is 4.04. The predicted molar refractivity (Wildman–Crippen MR) is 115 cm³/mol. The highest BCUT2D eigenvalue weighted by atomic mass is 32.2. The van der Waals surface area contributed by atoms with E-state index in [1.807, 2.05) is 67.3 Å². The molecule has 7 heteroatoms. The quantitative estimate of drug-likeness (QED) is 0.772. The molecule has 2 aromatic rings. The maximum absolute atomic E-state index is 12.6. The Hall–Kier alpha value is -2.12. The summed E-state index contributed by atoms with van der Waals surface area (Å²) >= 11 is 1.41. The molecule has 2 aliphatic rings. The van der Waals surface area contributed by atoms with E-state index in [4.69, 9.17) is 0 Å². The second-order valence-electron chi connectivity index (χ2n) is 7.46. The van der Waals surface area contributed by atoms with Crippen LogP contribution in [0.1, 0.15) is 16.7 Å². The Bertz CT molecular complexity index is 1050. The minimum atomic E-state index is -3.06. The summed E-state index contributed by atoms with van der Waals surface area (Å²) in [5.74, 6) is 0.0208. The van der Waals surface area contributed by atoms with Crippen molar-refractivity contribution in [1.82, 2.24) is 0 Å². The highest BCUT2D eigenvalue weighted by molar-refractivity contribution is 8.16. The minimum absolute atomic E-state index is 0.0863. The van der Waals surface area contributed by atoms with Gasteiger partial charge in [0, 0.05) is 10.9 Å². The van der Waals surface area contributed by atoms with Gasteiger partial charge in [0.2, 0.25) is 0 Å². The summed E-state index contributed by atoms with van der Waals surface area (Å²) in [6, 6.07) is 15.6. The van der Waals surface area contributed by atoms with Gasteiger partial charge in [0.25, 0.3) is 5.91 Å². The molecule has 0 aliphatic carbocycles. The van der Waals surface area contributed by atoms with Gasteiger partial charge in [-0.15, -0.1) is 0 Å². The van der Waals surface area contributed by atoms with Crippen LogP contribution in [-0.4, -0.2) is 42.3 Å². The van der Waals surface area contributed by atoms with E-state index >= 15 is 0 Å². The van der Waals surface area contributed by atoms with Gasteiger partial charge in [-0.05, 0) is 31.5 Å². The standard InChI is InChI=1S/C21H22N2O3S2/c1-14-6-8-17(9-7-14)23-18-12-28(25,26)13-19(18)27-21(23)22-20(24)11-16-5-3-4-15(2)10-16/h3-10,18-19H,11-13H2,1-2H3/t18-,19-/m1/s1. The van der Waals surface area contributed by atoms with Crippen LogP contribution in [0, 0.1) is 13.8 Å². The van der Waals surface area contributed by atoms with Gasteiger partial charge < -0.3 is 4.90 Å². The number of carbonyl (C=O) groups excluding carboxylic acids is 1. The Morgan fingerprint density at radius 1 is 1.11 bits per heavy atom. The van der Waals surface area contributed by atoms with Crippen LogP contribution in [0.25, 0.3) is 0 Å². The molecule has 4 rings (SSSR count). The zero-order valence-corrected chi connectivity index (χ0v) is 17.5. The van der Waals surface area contributed by atoms with E-state index in [9.17, 15) is 13.2 Å². The number of anilines is 1. The molecule has 0 aromatic heterocycles. The first-order valence-electron chi connectivity index (χ1n) is 9.21. The van der Waals surface area contributed by atoms with Crippen molar-refractivity contribution in [3.63, 3.8) is 0 Å². The van der Waals surface area contributed by atoms with Gasteiger partial charge in [-0.2, -0.15) is 4.99 Å². The molecule has 1 amide bonds. The molecular weight excluding hydrogens is 392 g/mol. The summed E-state index contributed by atoms with van der Waals surface area (Å²) in [6.45, 7) is 4.00. The molecule has 2 fully saturated rings. The monoisotopic (exact) mass is 414 g/mol. The van der Waals surface area contributed by atoms with E-state index in [0.29, 0.717) is 5.17 Å². The summed E-state index contributed by atoms with van der Waals surface area (Å²) < 4.78 is 24.3. The topological polar surface area (TPSA) is 66.8 Å². The van der Waals surface area contributed by atoms with Gasteiger partial charge in [-0.1, -0.05) is 59.3 Å². The van der Waals surface area contributed by atoms with Gasteiger partial charge >= 0.3 is 0 Å². The molecule has 0 saturated carbocycles. The number of hydrogen-bond donors (Lipinski definition) is 0. The highest BCUT2D eigenvalue weighted by Gasteiger charge is 2.49. The second-order valence-corrected chi connectivity index (χ2v) is 10.8. The van der Waals surface area contributed by atoms with Crippen LogP contribution in [0.2, 0.25) is 0 Å². The maximum Gasteiger partial charge on any atom is 0.252 e. The first-order valence-corrected chi connectivity index (χ1v) is 11.9. The van der Waals surface area contributed by atoms with Crippen LogP contribution in [0.15, 0.2) is 53.5 Å². The van der Waals surface area contributed by atoms with Crippen LogP contribution in [0.4, 0.5) is 5.69 Å². The van der Waals surface area contributed by atoms with Crippen LogP contribution in [0.3, 0.4) is 0 Å². The van der Waals surface area contributed by atoms with E-state index in [0.717, 1.165) is 22.4 Å². The van der Waals surface area contributed by atoms with Crippen LogP contribution < -0.4 is 4.90 Å². The number of amidine groups is 1. The van der Waals surface area contributed by atoms with Crippen molar-refractivity contribution in [2.24, 2.45) is 4.99 Å². The van der Waals surface area contributed by atoms with Crippen LogP contribution in [0.5, 0.6) is 0 Å². The van der Waals surface area contributed by atoms with Gasteiger partial charge in [-0.3, -0.25) is 4.79 Å². The molecule has 0 N–H and O–H groups in total. The van der Waals surface area contributed by atoms with E-state index in [1.165, 1.54) is 11.8 Å². The van der Waals surface area contributed by atoms with Gasteiger partial charge in [-0.25, -0.2) is 8.42 Å². The lowest BCUT2D eigenvalue weighted by molar-refractivity contribution is -0.117. The van der Waals surface area contributed by atoms with E-state index in [2.05, 4.69) is 4.99 Å². The maximum atomic E-state index is 12.6. The van der Waals surface area contributed by atoms with Crippen molar-refractivity contribution < 1.29 is 13.2 Å². The fraction of sp³-hybridized carbons (Fsp3) is 0.333. The lowest BCUT2D eigenvalue weighted by Gasteiger charge is -2.24. The van der Waals surface area contributed by atoms with Gasteiger partial charge in [0.1, 0.15) is 0 Å². The van der Waals surface area contributed by atoms with Crippen molar-refractivity contribution in [2.45, 2.75) is 31.6 Å². The van der Waals surface area contributed by atoms with Gasteiger partial charge in [0.15, 0.2) is 15.0 Å². The number of sulfone groups is 1. The Morgan fingerprint density at radius 2 is 1.86 bits per heavy atom. The molecule has 2 saturated heterocycles. The number of amides is 1. The van der Waals surface area contributed by atoms with Gasteiger partial charge in [0.05, 0.1) is 24.0 Å². The molecule has 2 aromatic carbocycles. The zero-order valence-electron chi connectivity index (χ0n) is 15.8. The van der Waals surface area contributed by atoms with Crippen molar-refractivity contribution in [3.8, 4) is 0 Å². The summed E-state index contributed by atoms with van der Waals surface area (Å²) in [6.07, 6.45) is 0.237. The van der Waals surface area contributed by atoms with Crippen molar-refractivity contribution in [2.75, 3.05) is 16.4 Å². The Kier molecular flexibility index (Phi) is 5.05. The molecule has 0 spiro atoms. The van der Waals surface area contributed by atoms with Crippen LogP contribution >= 0.6 is 11.8 Å². The molecule has 0 radical (unpaired) electrons. The minimum Gasteiger partial charge on any atom is -0.316 e. The first-order chi connectivity index (χ1) is 13.3. The highest BCUT2D eigenvalue weighted by Crippen LogP contribution is 2.41. The normalized spacial score (nSPS) is 24.5. The molecule has 2 aliphatic heterocycles. The molecular formula is C21H22N2O3S2. The summed E-state index contributed by atoms with van der Waals surface area (Å²) in [7, 11) is -3.06. The molecule has 2 heterocycles. The summed E-state index contributed by atoms with van der Waals surface area (Å²) in [4.78, 5) is 18.9. The lowest BCUT2D eigenvalue weighted by atomic mass is 10.1. The Morgan fingerprint density at radius 3 is 2.57 bits per heavy atom. The number of fused-ring (bicyclic) bond motifs is 1. The number of aryl methyl sites for hydroxylation is 2. The smallest absolute Gasteiger partial charge is 0.252 e. The number of nitrogens with zero attached hydrogens (tertiary/aromatic N) is 2. The second kappa shape index (κ2) is 7.37. The Labute approximate surface area is 169 Å². The predicted octanol–water partition coefficient (Wildman–Crippen LogP) is 3.15. The number of hydrogen-bond acceptors (Lipinski definition) is 4. The molecule has 146 valence electrons. The number of benzene rings is 2. The zero-order chi connectivity index (χ0) is 19.9. The number of aliphatic imine (C=N–C) groups is 1. The molecule has 0 bridgehead atoms. The fourth-order valence-electron chi connectivity index (χ4n) is 3.71. The third kappa shape index (κ3) is 4.00. The number of carbonyl (C=O) groups is 1. The molecule has 2 atom stereocenters. The van der Waals surface area contributed by atoms with Crippen molar-refractivity contribution >= 4 is 38.4 Å². The molecule has 28 heavy (non-hydrogen) atoms. The third-order valence-electron chi connectivity index (χ3n) is 5.04. The molecule has 0 unspecified atom stereocenters. The SMILES string of the molecule is Cc1ccc(N2C(=NC(=O)Cc3cccc(C)c3)S[C@@H]3CS(=O)(=O)C[C@H]32)cc1. The Balaban J connectivity index is 1.63. The van der Waals surface area contributed by atoms with Crippen molar-refractivity contribution in [1.29, 1.82) is 0 Å². The average Bonchev–Trinajstić information content (AvgIpc) is 3.06. The van der Waals surface area contributed by atoms with E-state index < -0.39 is 9.84 Å². The van der Waals surface area contributed by atoms with E-state index in [-0.39, 0.29) is 35.1 Å². The number of thioether (sulfide) groups is 1. The first kappa shape index (κ1) is 19.2. The van der Waals surface area contributed by atoms with Crippen LogP contribution in [-0.2, 0) is 21.1 Å². The molecule has 5 nitrogen and oxygen atoms in total.